The van der Waals surface area contributed by atoms with E-state index in [1.54, 1.807) is 13.8 Å². The third kappa shape index (κ3) is 10.1. The fourth-order valence-corrected chi connectivity index (χ4v) is 19.9. The fraction of sp³-hybridized carbons (Fsp3) is 0.897. The van der Waals surface area contributed by atoms with Crippen molar-refractivity contribution in [3.63, 3.8) is 0 Å². The molecule has 0 heterocycles. The molecule has 0 aliphatic heterocycles. The van der Waals surface area contributed by atoms with Crippen LogP contribution in [0.25, 0.3) is 0 Å². The first-order valence-corrected chi connectivity index (χ1v) is 30.8. The molecule has 8 aliphatic carbocycles. The van der Waals surface area contributed by atoms with Crippen LogP contribution < -0.4 is 10.6 Å². The zero-order valence-corrected chi connectivity index (χ0v) is 46.9. The Morgan fingerprint density at radius 1 is 0.585 bits per heavy atom. The molecule has 0 spiro atoms. The van der Waals surface area contributed by atoms with Crippen LogP contribution in [-0.2, 0) is 14.3 Å². The van der Waals surface area contributed by atoms with Gasteiger partial charge in [0.05, 0.1) is 12.2 Å². The zero-order chi connectivity index (χ0) is 46.3. The average Bonchev–Trinajstić information content (AvgIpc) is 3.81. The number of carbonyl (C=O) groups is 2. The summed E-state index contributed by atoms with van der Waals surface area (Å²) in [5.41, 5.74) is 5.01. The predicted molar refractivity (Wildman–Crippen MR) is 287 cm³/mol. The Balaban J connectivity index is 0.977. The smallest absolute Gasteiger partial charge is 0.217 e. The maximum absolute atomic E-state index is 12.1. The highest BCUT2D eigenvalue weighted by Gasteiger charge is 2.61. The number of hydrogen-bond acceptors (Lipinski definition) is 3. The minimum atomic E-state index is 0.130. The average molecular weight is 1120 g/mol. The second-order valence-corrected chi connectivity index (χ2v) is 27.4. The number of ether oxygens (including phenoxy) is 1. The number of alkyl halides is 2. The number of halogens is 2. The van der Waals surface area contributed by atoms with E-state index in [4.69, 9.17) is 4.74 Å². The van der Waals surface area contributed by atoms with Gasteiger partial charge >= 0.3 is 0 Å². The first kappa shape index (κ1) is 51.2. The molecule has 368 valence electrons. The molecule has 8 aliphatic rings. The van der Waals surface area contributed by atoms with Crippen LogP contribution in [0.15, 0.2) is 23.3 Å². The van der Waals surface area contributed by atoms with Gasteiger partial charge < -0.3 is 15.4 Å². The molecule has 0 aromatic rings. The molecule has 5 nitrogen and oxygen atoms in total. The highest BCUT2D eigenvalue weighted by Crippen LogP contribution is 2.69. The van der Waals surface area contributed by atoms with E-state index in [9.17, 15) is 9.59 Å². The molecule has 0 saturated heterocycles. The van der Waals surface area contributed by atoms with E-state index < -0.39 is 0 Å². The molecule has 6 fully saturated rings. The van der Waals surface area contributed by atoms with E-state index in [0.29, 0.717) is 57.5 Å². The molecule has 2 amide bonds. The number of carbonyl (C=O) groups excluding carboxylic acids is 2. The Morgan fingerprint density at radius 2 is 1.00 bits per heavy atom. The van der Waals surface area contributed by atoms with Crippen LogP contribution in [0.5, 0.6) is 0 Å². The summed E-state index contributed by atoms with van der Waals surface area (Å²) < 4.78 is 10.4. The molecular formula is C58H94I2N2O3. The molecule has 8 rings (SSSR count). The zero-order valence-electron chi connectivity index (χ0n) is 42.6. The Labute approximate surface area is 425 Å². The molecule has 0 bridgehead atoms. The number of allylic oxidation sites excluding steroid dienone is 4. The van der Waals surface area contributed by atoms with Crippen molar-refractivity contribution >= 4 is 57.0 Å². The van der Waals surface area contributed by atoms with E-state index in [2.05, 4.69) is 110 Å². The van der Waals surface area contributed by atoms with Gasteiger partial charge in [0.25, 0.3) is 0 Å². The summed E-state index contributed by atoms with van der Waals surface area (Å²) in [6, 6.07) is 0.547. The van der Waals surface area contributed by atoms with Gasteiger partial charge in [0.15, 0.2) is 0 Å². The molecule has 7 heteroatoms. The summed E-state index contributed by atoms with van der Waals surface area (Å²) in [5.74, 6) is 7.56. The second kappa shape index (κ2) is 21.3. The van der Waals surface area contributed by atoms with Gasteiger partial charge in [-0.2, -0.15) is 0 Å². The van der Waals surface area contributed by atoms with Crippen LogP contribution in [-0.4, -0.2) is 45.0 Å². The second-order valence-electron chi connectivity index (χ2n) is 25.2. The molecule has 8 unspecified atom stereocenters. The predicted octanol–water partition coefficient (Wildman–Crippen LogP) is 15.2. The third-order valence-electron chi connectivity index (χ3n) is 22.1. The third-order valence-corrected chi connectivity index (χ3v) is 23.7. The number of unbranched alkanes of at least 4 members (excludes halogenated alkanes) is 4. The van der Waals surface area contributed by atoms with Gasteiger partial charge in [0, 0.05) is 25.9 Å². The van der Waals surface area contributed by atoms with Crippen LogP contribution in [0.3, 0.4) is 0 Å². The minimum Gasteiger partial charge on any atom is -0.374 e. The lowest BCUT2D eigenvalue weighted by Crippen LogP contribution is -2.53. The summed E-state index contributed by atoms with van der Waals surface area (Å²) in [7, 11) is 0. The number of fused-ring (bicyclic) bond motifs is 10. The Kier molecular flexibility index (Phi) is 16.8. The molecule has 6 saturated carbocycles. The van der Waals surface area contributed by atoms with Gasteiger partial charge in [0.1, 0.15) is 0 Å². The SMILES string of the molecule is CC(=O)N[C@@H](C)[C@H]1CCC2C3CC=C4C[C@@H](C(CCCCCI)OC(CCCCCI)[C@H]5CC[C@@]6(C)C(=CCC7C6CC[C@@]6(C)C7CC[C@@H]6[C@H](C)NC(C)=O)C5)CC[C@]4(C)C3CC[C@@]21C. The van der Waals surface area contributed by atoms with E-state index >= 15 is 0 Å². The van der Waals surface area contributed by atoms with Gasteiger partial charge in [-0.05, 0) is 232 Å². The first-order chi connectivity index (χ1) is 31.1. The molecule has 2 N–H and O–H groups in total. The molecule has 0 aromatic heterocycles. The maximum Gasteiger partial charge on any atom is 0.217 e. The van der Waals surface area contributed by atoms with Crippen molar-refractivity contribution in [2.75, 3.05) is 8.86 Å². The largest absolute Gasteiger partial charge is 0.374 e. The van der Waals surface area contributed by atoms with Crippen molar-refractivity contribution in [3.8, 4) is 0 Å². The molecular weight excluding hydrogens is 1030 g/mol. The minimum absolute atomic E-state index is 0.130. The van der Waals surface area contributed by atoms with Crippen LogP contribution in [0.2, 0.25) is 0 Å². The Hall–Kier alpha value is -0.160. The van der Waals surface area contributed by atoms with E-state index in [0.717, 1.165) is 35.5 Å². The van der Waals surface area contributed by atoms with Gasteiger partial charge in [-0.1, -0.05) is 122 Å². The lowest BCUT2D eigenvalue weighted by Gasteiger charge is -2.59. The van der Waals surface area contributed by atoms with Crippen LogP contribution in [0, 0.1) is 80.8 Å². The van der Waals surface area contributed by atoms with E-state index in [-0.39, 0.29) is 23.9 Å². The van der Waals surface area contributed by atoms with Gasteiger partial charge in [-0.25, -0.2) is 0 Å². The summed E-state index contributed by atoms with van der Waals surface area (Å²) in [4.78, 5) is 24.2. The standard InChI is InChI=1S/C58H94I2N2O3/c1-37(61-39(3)63)47-21-23-49-45-19-17-43-35-41(25-29-55(43,5)51(45)27-31-57(47,49)7)53(15-11-9-13-33-59)65-54(16-12-10-14-34-60)42-26-30-56(6)44(36-42)18-20-46-50-24-22-48(38(2)62-40(4)64)58(50,8)32-28-52(46)56/h17-18,37-38,41-42,45-54H,9-16,19-36H2,1-8H3,(H,61,63)(H,62,64)/t37-,38-,41-,42-,45?,46?,47+,48+,49?,50?,51?,52?,53?,54?,55-,56-,57+,58+/m0/s1. The lowest BCUT2D eigenvalue weighted by molar-refractivity contribution is -0.121. The number of hydrogen-bond donors (Lipinski definition) is 2. The summed E-state index contributed by atoms with van der Waals surface area (Å²) in [6.07, 6.45) is 37.9. The molecule has 65 heavy (non-hydrogen) atoms. The lowest BCUT2D eigenvalue weighted by atomic mass is 9.46. The summed E-state index contributed by atoms with van der Waals surface area (Å²) in [6.45, 7) is 18.6. The van der Waals surface area contributed by atoms with Crippen molar-refractivity contribution < 1.29 is 14.3 Å². The summed E-state index contributed by atoms with van der Waals surface area (Å²) >= 11 is 5.16. The van der Waals surface area contributed by atoms with Gasteiger partial charge in [-0.3, -0.25) is 9.59 Å². The summed E-state index contributed by atoms with van der Waals surface area (Å²) in [5, 5.41) is 6.64. The number of nitrogens with one attached hydrogen (secondary N) is 2. The van der Waals surface area contributed by atoms with E-state index in [1.807, 2.05) is 11.1 Å². The quantitative estimate of drug-likeness (QED) is 0.0622. The Bertz CT molecular complexity index is 1610. The van der Waals surface area contributed by atoms with Crippen molar-refractivity contribution in [1.29, 1.82) is 0 Å². The van der Waals surface area contributed by atoms with Crippen molar-refractivity contribution in [3.05, 3.63) is 23.3 Å². The molecule has 0 radical (unpaired) electrons. The normalized spacial score (nSPS) is 42.6. The van der Waals surface area contributed by atoms with Crippen LogP contribution in [0.1, 0.15) is 209 Å². The van der Waals surface area contributed by atoms with Crippen LogP contribution >= 0.6 is 45.2 Å². The number of rotatable bonds is 18. The topological polar surface area (TPSA) is 67.4 Å². The van der Waals surface area contributed by atoms with Gasteiger partial charge in [0.2, 0.25) is 11.8 Å². The maximum atomic E-state index is 12.1. The fourth-order valence-electron chi connectivity index (χ4n) is 18.9. The number of amides is 2. The van der Waals surface area contributed by atoms with Crippen molar-refractivity contribution in [2.24, 2.45) is 80.8 Å². The van der Waals surface area contributed by atoms with Gasteiger partial charge in [-0.15, -0.1) is 0 Å². The van der Waals surface area contributed by atoms with Crippen molar-refractivity contribution in [2.45, 2.75) is 234 Å². The van der Waals surface area contributed by atoms with Crippen LogP contribution in [0.4, 0.5) is 0 Å². The van der Waals surface area contributed by atoms with E-state index in [1.165, 1.54) is 163 Å². The highest BCUT2D eigenvalue weighted by atomic mass is 127. The Morgan fingerprint density at radius 3 is 1.38 bits per heavy atom. The molecule has 0 aromatic carbocycles. The first-order valence-electron chi connectivity index (χ1n) is 27.8. The monoisotopic (exact) mass is 1120 g/mol. The van der Waals surface area contributed by atoms with Crippen molar-refractivity contribution in [1.82, 2.24) is 10.6 Å². The highest BCUT2D eigenvalue weighted by molar-refractivity contribution is 14.1. The molecule has 18 atom stereocenters.